The predicted molar refractivity (Wildman–Crippen MR) is 96.8 cm³/mol. The Hall–Kier alpha value is -2.67. The summed E-state index contributed by atoms with van der Waals surface area (Å²) in [5, 5.41) is 2.90. The zero-order valence-electron chi connectivity index (χ0n) is 15.3. The van der Waals surface area contributed by atoms with E-state index < -0.39 is 0 Å². The Labute approximate surface area is 157 Å². The highest BCUT2D eigenvalue weighted by Crippen LogP contribution is 2.32. The molecule has 2 aliphatic rings. The van der Waals surface area contributed by atoms with Gasteiger partial charge in [0.25, 0.3) is 5.91 Å². The third-order valence-electron chi connectivity index (χ3n) is 5.26. The number of ether oxygens (including phenoxy) is 1. The Morgan fingerprint density at radius 2 is 2.19 bits per heavy atom. The van der Waals surface area contributed by atoms with Crippen LogP contribution in [0.1, 0.15) is 34.8 Å². The number of nitrogens with one attached hydrogen (secondary N) is 1. The van der Waals surface area contributed by atoms with Crippen molar-refractivity contribution in [2.24, 2.45) is 5.92 Å². The van der Waals surface area contributed by atoms with Gasteiger partial charge < -0.3 is 19.4 Å². The summed E-state index contributed by atoms with van der Waals surface area (Å²) in [6.45, 7) is 3.19. The number of carbonyl (C=O) groups is 2. The minimum atomic E-state index is -0.312. The molecule has 142 valence electrons. The maximum Gasteiger partial charge on any atom is 0.272 e. The lowest BCUT2D eigenvalue weighted by atomic mass is 9.89. The van der Waals surface area contributed by atoms with Crippen LogP contribution in [0.2, 0.25) is 0 Å². The first-order chi connectivity index (χ1) is 13.1. The minimum Gasteiger partial charge on any atom is -0.467 e. The van der Waals surface area contributed by atoms with Crippen molar-refractivity contribution >= 4 is 11.8 Å². The summed E-state index contributed by atoms with van der Waals surface area (Å²) in [5.41, 5.74) is 1.21. The van der Waals surface area contributed by atoms with Crippen LogP contribution in [-0.2, 0) is 16.1 Å². The topological polar surface area (TPSA) is 84.7 Å². The van der Waals surface area contributed by atoms with Gasteiger partial charge in [0.2, 0.25) is 5.91 Å². The van der Waals surface area contributed by atoms with Crippen LogP contribution in [0.3, 0.4) is 0 Å². The molecule has 0 unspecified atom stereocenters. The molecule has 0 bridgehead atoms. The molecule has 7 heteroatoms. The van der Waals surface area contributed by atoms with Crippen molar-refractivity contribution in [3.05, 3.63) is 53.7 Å². The average Bonchev–Trinajstić information content (AvgIpc) is 3.36. The molecule has 1 N–H and O–H groups in total. The van der Waals surface area contributed by atoms with Gasteiger partial charge in [-0.1, -0.05) is 6.07 Å². The molecule has 2 aromatic rings. The maximum absolute atomic E-state index is 13.1. The third kappa shape index (κ3) is 3.73. The van der Waals surface area contributed by atoms with Crippen molar-refractivity contribution in [1.29, 1.82) is 0 Å². The Bertz CT molecular complexity index is 820. The highest BCUT2D eigenvalue weighted by Gasteiger charge is 2.44. The normalized spacial score (nSPS) is 24.5. The molecule has 0 radical (unpaired) electrons. The number of hydrogen-bond donors (Lipinski definition) is 1. The molecule has 2 amide bonds. The number of furan rings is 1. The molecule has 2 aliphatic heterocycles. The number of aromatic nitrogens is 1. The van der Waals surface area contributed by atoms with Gasteiger partial charge in [-0.2, -0.15) is 0 Å². The molecule has 27 heavy (non-hydrogen) atoms. The smallest absolute Gasteiger partial charge is 0.272 e. The summed E-state index contributed by atoms with van der Waals surface area (Å²) < 4.78 is 11.1. The van der Waals surface area contributed by atoms with E-state index in [4.69, 9.17) is 9.15 Å². The lowest BCUT2D eigenvalue weighted by Gasteiger charge is -2.40. The Balaban J connectivity index is 1.48. The van der Waals surface area contributed by atoms with E-state index in [0.29, 0.717) is 37.6 Å². The van der Waals surface area contributed by atoms with Gasteiger partial charge in [0.15, 0.2) is 0 Å². The summed E-state index contributed by atoms with van der Waals surface area (Å²) >= 11 is 0. The van der Waals surface area contributed by atoms with Gasteiger partial charge in [-0.3, -0.25) is 9.59 Å². The highest BCUT2D eigenvalue weighted by atomic mass is 16.5. The van der Waals surface area contributed by atoms with Crippen LogP contribution >= 0.6 is 0 Å². The van der Waals surface area contributed by atoms with Crippen LogP contribution in [0.5, 0.6) is 0 Å². The number of likely N-dealkylation sites (tertiary alicyclic amines) is 1. The van der Waals surface area contributed by atoms with Crippen LogP contribution in [0.4, 0.5) is 0 Å². The predicted octanol–water partition coefficient (Wildman–Crippen LogP) is 1.92. The monoisotopic (exact) mass is 369 g/mol. The fraction of sp³-hybridized carbons (Fsp3) is 0.450. The lowest BCUT2D eigenvalue weighted by Crippen LogP contribution is -2.55. The lowest BCUT2D eigenvalue weighted by molar-refractivity contribution is -0.129. The number of hydrogen-bond acceptors (Lipinski definition) is 5. The van der Waals surface area contributed by atoms with E-state index in [9.17, 15) is 9.59 Å². The summed E-state index contributed by atoms with van der Waals surface area (Å²) in [5.74, 6) is 0.164. The number of aryl methyl sites for hydroxylation is 1. The first-order valence-corrected chi connectivity index (χ1v) is 9.28. The van der Waals surface area contributed by atoms with E-state index in [1.54, 1.807) is 23.3 Å². The molecule has 2 aromatic heterocycles. The summed E-state index contributed by atoms with van der Waals surface area (Å²) in [6, 6.07) is 9.02. The largest absolute Gasteiger partial charge is 0.467 e. The average molecular weight is 369 g/mol. The van der Waals surface area contributed by atoms with E-state index in [1.807, 2.05) is 25.1 Å². The van der Waals surface area contributed by atoms with Crippen molar-refractivity contribution in [2.45, 2.75) is 38.5 Å². The molecule has 3 atom stereocenters. The molecule has 0 spiro atoms. The number of fused-ring (bicyclic) bond motifs is 1. The Morgan fingerprint density at radius 1 is 1.30 bits per heavy atom. The second kappa shape index (κ2) is 7.52. The third-order valence-corrected chi connectivity index (χ3v) is 5.26. The van der Waals surface area contributed by atoms with Crippen LogP contribution < -0.4 is 5.32 Å². The number of carbonyl (C=O) groups excluding carboxylic acids is 2. The summed E-state index contributed by atoms with van der Waals surface area (Å²) in [7, 11) is 0. The van der Waals surface area contributed by atoms with Crippen molar-refractivity contribution in [3.8, 4) is 0 Å². The molecule has 0 aromatic carbocycles. The highest BCUT2D eigenvalue weighted by molar-refractivity contribution is 5.93. The maximum atomic E-state index is 13.1. The Kier molecular flexibility index (Phi) is 4.94. The van der Waals surface area contributed by atoms with E-state index in [1.165, 1.54) is 0 Å². The van der Waals surface area contributed by atoms with Crippen LogP contribution in [-0.4, -0.2) is 47.0 Å². The SMILES string of the molecule is Cc1cccc(C(=O)N2C[C@@H](C(=O)NCc3ccco3)C[C@H]3OCC[C@H]32)n1. The fourth-order valence-corrected chi connectivity index (χ4v) is 3.91. The van der Waals surface area contributed by atoms with E-state index in [0.717, 1.165) is 12.1 Å². The van der Waals surface area contributed by atoms with Crippen molar-refractivity contribution in [1.82, 2.24) is 15.2 Å². The molecule has 7 nitrogen and oxygen atoms in total. The molecule has 4 heterocycles. The Morgan fingerprint density at radius 3 is 2.96 bits per heavy atom. The number of rotatable bonds is 4. The van der Waals surface area contributed by atoms with Gasteiger partial charge in [0.05, 0.1) is 30.9 Å². The van der Waals surface area contributed by atoms with E-state index >= 15 is 0 Å². The van der Waals surface area contributed by atoms with Gasteiger partial charge in [0, 0.05) is 18.8 Å². The first kappa shape index (κ1) is 17.7. The molecular weight excluding hydrogens is 346 g/mol. The van der Waals surface area contributed by atoms with Gasteiger partial charge >= 0.3 is 0 Å². The second-order valence-electron chi connectivity index (χ2n) is 7.12. The van der Waals surface area contributed by atoms with E-state index in [2.05, 4.69) is 10.3 Å². The van der Waals surface area contributed by atoms with Crippen molar-refractivity contribution in [3.63, 3.8) is 0 Å². The van der Waals surface area contributed by atoms with Crippen LogP contribution in [0.25, 0.3) is 0 Å². The van der Waals surface area contributed by atoms with E-state index in [-0.39, 0.29) is 29.9 Å². The first-order valence-electron chi connectivity index (χ1n) is 9.28. The zero-order chi connectivity index (χ0) is 18.8. The molecule has 2 fully saturated rings. The van der Waals surface area contributed by atoms with Gasteiger partial charge in [-0.25, -0.2) is 4.98 Å². The summed E-state index contributed by atoms with van der Waals surface area (Å²) in [6.07, 6.45) is 2.89. The quantitative estimate of drug-likeness (QED) is 0.890. The van der Waals surface area contributed by atoms with Gasteiger partial charge in [0.1, 0.15) is 11.5 Å². The molecule has 0 aliphatic carbocycles. The summed E-state index contributed by atoms with van der Waals surface area (Å²) in [4.78, 5) is 31.9. The van der Waals surface area contributed by atoms with Gasteiger partial charge in [-0.15, -0.1) is 0 Å². The standard InChI is InChI=1S/C20H23N3O4/c1-13-4-2-6-16(22-13)20(25)23-12-14(10-18-17(23)7-9-27-18)19(24)21-11-15-5-3-8-26-15/h2-6,8,14,17-18H,7,9-12H2,1H3,(H,21,24)/t14-,17+,18+/m0/s1. The van der Waals surface area contributed by atoms with Crippen molar-refractivity contribution < 1.29 is 18.7 Å². The molecule has 4 rings (SSSR count). The fourth-order valence-electron chi connectivity index (χ4n) is 3.91. The number of amides is 2. The van der Waals surface area contributed by atoms with Crippen LogP contribution in [0, 0.1) is 12.8 Å². The van der Waals surface area contributed by atoms with Gasteiger partial charge in [-0.05, 0) is 44.0 Å². The number of nitrogens with zero attached hydrogens (tertiary/aromatic N) is 2. The van der Waals surface area contributed by atoms with Crippen molar-refractivity contribution in [2.75, 3.05) is 13.2 Å². The molecule has 2 saturated heterocycles. The van der Waals surface area contributed by atoms with Crippen LogP contribution in [0.15, 0.2) is 41.0 Å². The molecular formula is C20H23N3O4. The zero-order valence-corrected chi connectivity index (χ0v) is 15.3. The second-order valence-corrected chi connectivity index (χ2v) is 7.12. The number of piperidine rings is 1. The number of pyridine rings is 1. The minimum absolute atomic E-state index is 0.00827. The molecule has 0 saturated carbocycles.